The van der Waals surface area contributed by atoms with E-state index in [0.29, 0.717) is 16.5 Å². The molecule has 1 amide bonds. The molecule has 6 heteroatoms. The largest absolute Gasteiger partial charge is 0.444 e. The summed E-state index contributed by atoms with van der Waals surface area (Å²) in [6.07, 6.45) is -0.576. The lowest BCUT2D eigenvalue weighted by Gasteiger charge is -2.19. The van der Waals surface area contributed by atoms with Crippen molar-refractivity contribution in [2.75, 3.05) is 5.32 Å². The van der Waals surface area contributed by atoms with Gasteiger partial charge < -0.3 is 4.74 Å². The molecule has 1 aromatic heterocycles. The van der Waals surface area contributed by atoms with E-state index in [-0.39, 0.29) is 5.88 Å². The van der Waals surface area contributed by atoms with Gasteiger partial charge in [0.1, 0.15) is 11.4 Å². The highest BCUT2D eigenvalue weighted by Crippen LogP contribution is 2.17. The maximum Gasteiger partial charge on any atom is 0.413 e. The molecule has 1 rings (SSSR count). The maximum absolute atomic E-state index is 11.5. The number of nitrogens with zero attached hydrogens (tertiary/aromatic N) is 1. The quantitative estimate of drug-likeness (QED) is 0.836. The van der Waals surface area contributed by atoms with Crippen LogP contribution in [0.15, 0.2) is 12.1 Å². The zero-order valence-electron chi connectivity index (χ0n) is 9.88. The first kappa shape index (κ1) is 14.1. The molecule has 1 aromatic rings. The molecule has 0 bridgehead atoms. The Kier molecular flexibility index (Phi) is 4.60. The molecule has 0 saturated heterocycles. The third kappa shape index (κ3) is 5.24. The molecule has 4 nitrogen and oxygen atoms in total. The van der Waals surface area contributed by atoms with Gasteiger partial charge in [-0.2, -0.15) is 0 Å². The van der Waals surface area contributed by atoms with Crippen LogP contribution in [0.25, 0.3) is 0 Å². The summed E-state index contributed by atoms with van der Waals surface area (Å²) in [4.78, 5) is 15.6. The number of pyridine rings is 1. The predicted octanol–water partition coefficient (Wildman–Crippen LogP) is 3.82. The Balaban J connectivity index is 2.74. The molecule has 94 valence electrons. The molecule has 0 atom stereocenters. The van der Waals surface area contributed by atoms with Crippen LogP contribution in [0.4, 0.5) is 10.6 Å². The number of amides is 1. The lowest BCUT2D eigenvalue weighted by atomic mass is 10.2. The highest BCUT2D eigenvalue weighted by atomic mass is 35.5. The van der Waals surface area contributed by atoms with Crippen molar-refractivity contribution in [2.45, 2.75) is 32.3 Å². The van der Waals surface area contributed by atoms with Crippen LogP contribution in [-0.2, 0) is 10.6 Å². The minimum atomic E-state index is -0.576. The Morgan fingerprint density at radius 1 is 1.47 bits per heavy atom. The average molecular weight is 277 g/mol. The van der Waals surface area contributed by atoms with Crippen LogP contribution in [0.5, 0.6) is 0 Å². The number of alkyl halides is 1. The van der Waals surface area contributed by atoms with Gasteiger partial charge in [0.05, 0.1) is 11.6 Å². The Labute approximate surface area is 110 Å². The van der Waals surface area contributed by atoms with Crippen LogP contribution < -0.4 is 5.32 Å². The highest BCUT2D eigenvalue weighted by molar-refractivity contribution is 6.31. The van der Waals surface area contributed by atoms with Crippen LogP contribution in [0.1, 0.15) is 26.5 Å². The van der Waals surface area contributed by atoms with Gasteiger partial charge in [-0.05, 0) is 32.9 Å². The topological polar surface area (TPSA) is 51.2 Å². The lowest BCUT2D eigenvalue weighted by Crippen LogP contribution is -2.27. The zero-order valence-corrected chi connectivity index (χ0v) is 11.4. The van der Waals surface area contributed by atoms with Gasteiger partial charge in [0.25, 0.3) is 0 Å². The molecule has 1 N–H and O–H groups in total. The standard InChI is InChI=1S/C11H14Cl2N2O2/c1-11(2,3)17-10(16)15-9-5-7(13)4-8(6-12)14-9/h4-5H,6H2,1-3H3,(H,14,15,16). The monoisotopic (exact) mass is 276 g/mol. The summed E-state index contributed by atoms with van der Waals surface area (Å²) >= 11 is 11.5. The molecule has 0 fully saturated rings. The van der Waals surface area contributed by atoms with Crippen molar-refractivity contribution in [3.63, 3.8) is 0 Å². The Morgan fingerprint density at radius 2 is 2.12 bits per heavy atom. The van der Waals surface area contributed by atoms with Gasteiger partial charge in [-0.15, -0.1) is 11.6 Å². The van der Waals surface area contributed by atoms with Crippen molar-refractivity contribution in [3.05, 3.63) is 22.8 Å². The first-order chi connectivity index (χ1) is 7.80. The van der Waals surface area contributed by atoms with Crippen molar-refractivity contribution in [2.24, 2.45) is 0 Å². The van der Waals surface area contributed by atoms with Gasteiger partial charge >= 0.3 is 6.09 Å². The SMILES string of the molecule is CC(C)(C)OC(=O)Nc1cc(Cl)cc(CCl)n1. The van der Waals surface area contributed by atoms with E-state index in [2.05, 4.69) is 10.3 Å². The molecule has 0 aliphatic heterocycles. The van der Waals surface area contributed by atoms with E-state index in [1.807, 2.05) is 0 Å². The molecular weight excluding hydrogens is 263 g/mol. The number of halogens is 2. The smallest absolute Gasteiger partial charge is 0.413 e. The van der Waals surface area contributed by atoms with Gasteiger partial charge in [0, 0.05) is 5.02 Å². The van der Waals surface area contributed by atoms with Crippen LogP contribution >= 0.6 is 23.2 Å². The highest BCUT2D eigenvalue weighted by Gasteiger charge is 2.16. The molecule has 1 heterocycles. The Bertz CT molecular complexity index is 416. The zero-order chi connectivity index (χ0) is 13.1. The van der Waals surface area contributed by atoms with E-state index in [4.69, 9.17) is 27.9 Å². The van der Waals surface area contributed by atoms with Crippen molar-refractivity contribution < 1.29 is 9.53 Å². The third-order valence-corrected chi connectivity index (χ3v) is 2.10. The minimum absolute atomic E-state index is 0.226. The van der Waals surface area contributed by atoms with Crippen LogP contribution in [0, 0.1) is 0 Å². The Morgan fingerprint density at radius 3 is 2.65 bits per heavy atom. The fraction of sp³-hybridized carbons (Fsp3) is 0.455. The van der Waals surface area contributed by atoms with Gasteiger partial charge in [0.2, 0.25) is 0 Å². The molecule has 17 heavy (non-hydrogen) atoms. The number of aromatic nitrogens is 1. The maximum atomic E-state index is 11.5. The molecule has 0 aliphatic rings. The molecule has 0 saturated carbocycles. The molecule has 0 radical (unpaired) electrons. The summed E-state index contributed by atoms with van der Waals surface area (Å²) in [5, 5.41) is 2.96. The van der Waals surface area contributed by atoms with E-state index in [9.17, 15) is 4.79 Å². The van der Waals surface area contributed by atoms with E-state index in [1.165, 1.54) is 6.07 Å². The summed E-state index contributed by atoms with van der Waals surface area (Å²) in [5.41, 5.74) is 0.0306. The number of nitrogens with one attached hydrogen (secondary N) is 1. The van der Waals surface area contributed by atoms with Crippen LogP contribution in [0.3, 0.4) is 0 Å². The molecule has 0 unspecified atom stereocenters. The second kappa shape index (κ2) is 5.56. The average Bonchev–Trinajstić information content (AvgIpc) is 2.13. The van der Waals surface area contributed by atoms with E-state index < -0.39 is 11.7 Å². The summed E-state index contributed by atoms with van der Waals surface area (Å²) in [6.45, 7) is 5.34. The molecule has 0 spiro atoms. The van der Waals surface area contributed by atoms with Gasteiger partial charge in [0.15, 0.2) is 0 Å². The normalized spacial score (nSPS) is 11.1. The summed E-state index contributed by atoms with van der Waals surface area (Å²) in [7, 11) is 0. The number of carbonyl (C=O) groups is 1. The van der Waals surface area contributed by atoms with E-state index >= 15 is 0 Å². The van der Waals surface area contributed by atoms with Crippen LogP contribution in [0.2, 0.25) is 5.02 Å². The fourth-order valence-electron chi connectivity index (χ4n) is 1.09. The van der Waals surface area contributed by atoms with Crippen molar-refractivity contribution in [3.8, 4) is 0 Å². The molecule has 0 aliphatic carbocycles. The molecular formula is C11H14Cl2N2O2. The van der Waals surface area contributed by atoms with Crippen molar-refractivity contribution in [1.29, 1.82) is 0 Å². The first-order valence-electron chi connectivity index (χ1n) is 5.02. The number of hydrogen-bond acceptors (Lipinski definition) is 3. The predicted molar refractivity (Wildman–Crippen MR) is 68.7 cm³/mol. The van der Waals surface area contributed by atoms with Crippen LogP contribution in [-0.4, -0.2) is 16.7 Å². The van der Waals surface area contributed by atoms with Gasteiger partial charge in [-0.25, -0.2) is 9.78 Å². The van der Waals surface area contributed by atoms with E-state index in [0.717, 1.165) is 0 Å². The Hall–Kier alpha value is -1.00. The number of carbonyl (C=O) groups excluding carboxylic acids is 1. The van der Waals surface area contributed by atoms with Crippen molar-refractivity contribution in [1.82, 2.24) is 4.98 Å². The number of hydrogen-bond donors (Lipinski definition) is 1. The van der Waals surface area contributed by atoms with Crippen molar-refractivity contribution >= 4 is 35.1 Å². The third-order valence-electron chi connectivity index (χ3n) is 1.61. The van der Waals surface area contributed by atoms with E-state index in [1.54, 1.807) is 26.8 Å². The second-order valence-corrected chi connectivity index (χ2v) is 5.13. The second-order valence-electron chi connectivity index (χ2n) is 4.42. The fourth-order valence-corrected chi connectivity index (χ4v) is 1.46. The summed E-state index contributed by atoms with van der Waals surface area (Å²) in [5.74, 6) is 0.547. The lowest BCUT2D eigenvalue weighted by molar-refractivity contribution is 0.0635. The first-order valence-corrected chi connectivity index (χ1v) is 5.94. The number of rotatable bonds is 2. The van der Waals surface area contributed by atoms with Gasteiger partial charge in [-0.3, -0.25) is 5.32 Å². The number of ether oxygens (including phenoxy) is 1. The number of anilines is 1. The minimum Gasteiger partial charge on any atom is -0.444 e. The summed E-state index contributed by atoms with van der Waals surface area (Å²) in [6, 6.07) is 3.16. The summed E-state index contributed by atoms with van der Waals surface area (Å²) < 4.78 is 5.09. The molecule has 0 aromatic carbocycles. The van der Waals surface area contributed by atoms with Gasteiger partial charge in [-0.1, -0.05) is 11.6 Å².